The molecule has 0 saturated carbocycles. The Balaban J connectivity index is 1.40. The number of anilines is 1. The second-order valence-electron chi connectivity index (χ2n) is 8.21. The summed E-state index contributed by atoms with van der Waals surface area (Å²) in [5, 5.41) is 3.16. The molecule has 2 aliphatic heterocycles. The Morgan fingerprint density at radius 3 is 2.51 bits per heavy atom. The van der Waals surface area contributed by atoms with E-state index in [0.717, 1.165) is 21.4 Å². The van der Waals surface area contributed by atoms with Crippen LogP contribution in [0.25, 0.3) is 17.0 Å². The summed E-state index contributed by atoms with van der Waals surface area (Å²) in [7, 11) is 0. The number of urea groups is 1. The topological polar surface area (TPSA) is 89.9 Å². The minimum Gasteiger partial charge on any atom is -0.454 e. The second-order valence-corrected chi connectivity index (χ2v) is 8.21. The third-order valence-corrected chi connectivity index (χ3v) is 6.03. The van der Waals surface area contributed by atoms with E-state index in [0.29, 0.717) is 23.6 Å². The van der Waals surface area contributed by atoms with Crippen molar-refractivity contribution in [1.29, 1.82) is 0 Å². The number of rotatable bonds is 4. The second kappa shape index (κ2) is 8.18. The number of nitrogens with zero attached hydrogens (tertiary/aromatic N) is 2. The summed E-state index contributed by atoms with van der Waals surface area (Å²) in [5.41, 5.74) is 2.94. The molecule has 1 N–H and O–H groups in total. The number of barbiturate groups is 1. The maximum Gasteiger partial charge on any atom is 0.335 e. The van der Waals surface area contributed by atoms with Crippen LogP contribution in [0, 0.1) is 0 Å². The summed E-state index contributed by atoms with van der Waals surface area (Å²) in [6.45, 7) is 0.697. The van der Waals surface area contributed by atoms with Crippen LogP contribution < -0.4 is 19.7 Å². The van der Waals surface area contributed by atoms with E-state index in [1.54, 1.807) is 18.2 Å². The minimum absolute atomic E-state index is 0.0651. The van der Waals surface area contributed by atoms with Crippen LogP contribution in [0.3, 0.4) is 0 Å². The van der Waals surface area contributed by atoms with Gasteiger partial charge in [-0.2, -0.15) is 0 Å². The number of hydrogen-bond donors (Lipinski definition) is 1. The summed E-state index contributed by atoms with van der Waals surface area (Å²) in [6, 6.07) is 21.7. The third-order valence-electron chi connectivity index (χ3n) is 6.03. The van der Waals surface area contributed by atoms with Crippen molar-refractivity contribution in [3.8, 4) is 11.5 Å². The monoisotopic (exact) mass is 465 g/mol. The van der Waals surface area contributed by atoms with Gasteiger partial charge in [-0.3, -0.25) is 14.9 Å². The SMILES string of the molecule is O=C1NC(=O)N(c2ccc3c(c2)OCO3)C(=O)/C1=C/c1cn(Cc2ccccc2)c2ccccc12. The molecular weight excluding hydrogens is 446 g/mol. The highest BCUT2D eigenvalue weighted by atomic mass is 16.7. The highest BCUT2D eigenvalue weighted by molar-refractivity contribution is 6.39. The molecule has 1 fully saturated rings. The molecule has 3 aromatic carbocycles. The van der Waals surface area contributed by atoms with Gasteiger partial charge in [-0.1, -0.05) is 48.5 Å². The molecule has 0 unspecified atom stereocenters. The zero-order valence-electron chi connectivity index (χ0n) is 18.4. The maximum absolute atomic E-state index is 13.4. The molecule has 35 heavy (non-hydrogen) atoms. The van der Waals surface area contributed by atoms with E-state index in [2.05, 4.69) is 9.88 Å². The van der Waals surface area contributed by atoms with Gasteiger partial charge in [0.05, 0.1) is 5.69 Å². The highest BCUT2D eigenvalue weighted by Crippen LogP contribution is 2.36. The third kappa shape index (κ3) is 3.61. The number of hydrogen-bond acceptors (Lipinski definition) is 5. The summed E-state index contributed by atoms with van der Waals surface area (Å²) >= 11 is 0. The van der Waals surface area contributed by atoms with E-state index >= 15 is 0 Å². The number of imide groups is 2. The summed E-state index contributed by atoms with van der Waals surface area (Å²) in [5.74, 6) is -0.499. The molecule has 8 nitrogen and oxygen atoms in total. The van der Waals surface area contributed by atoms with E-state index in [1.807, 2.05) is 60.8 Å². The van der Waals surface area contributed by atoms with Gasteiger partial charge in [-0.05, 0) is 29.8 Å². The first-order valence-corrected chi connectivity index (χ1v) is 11.0. The van der Waals surface area contributed by atoms with E-state index in [-0.39, 0.29) is 18.1 Å². The Morgan fingerprint density at radius 2 is 1.66 bits per heavy atom. The van der Waals surface area contributed by atoms with Crippen molar-refractivity contribution in [1.82, 2.24) is 9.88 Å². The van der Waals surface area contributed by atoms with Gasteiger partial charge in [0.2, 0.25) is 6.79 Å². The lowest BCUT2D eigenvalue weighted by Gasteiger charge is -2.26. The van der Waals surface area contributed by atoms with Crippen LogP contribution in [0.1, 0.15) is 11.1 Å². The lowest BCUT2D eigenvalue weighted by molar-refractivity contribution is -0.122. The van der Waals surface area contributed by atoms with Crippen LogP contribution >= 0.6 is 0 Å². The smallest absolute Gasteiger partial charge is 0.335 e. The molecule has 4 amide bonds. The van der Waals surface area contributed by atoms with Crippen LogP contribution in [0.5, 0.6) is 11.5 Å². The molecule has 4 aromatic rings. The molecule has 3 heterocycles. The predicted molar refractivity (Wildman–Crippen MR) is 129 cm³/mol. The first-order chi connectivity index (χ1) is 17.1. The van der Waals surface area contributed by atoms with Crippen molar-refractivity contribution in [2.75, 3.05) is 11.7 Å². The minimum atomic E-state index is -0.817. The average molecular weight is 465 g/mol. The Labute approximate surface area is 200 Å². The molecule has 0 bridgehead atoms. The summed E-state index contributed by atoms with van der Waals surface area (Å²) in [4.78, 5) is 39.6. The lowest BCUT2D eigenvalue weighted by atomic mass is 10.1. The van der Waals surface area contributed by atoms with E-state index in [9.17, 15) is 14.4 Å². The van der Waals surface area contributed by atoms with Crippen molar-refractivity contribution in [2.45, 2.75) is 6.54 Å². The van der Waals surface area contributed by atoms with Gasteiger partial charge in [0.25, 0.3) is 11.8 Å². The quantitative estimate of drug-likeness (QED) is 0.362. The van der Waals surface area contributed by atoms with Gasteiger partial charge in [0.15, 0.2) is 11.5 Å². The lowest BCUT2D eigenvalue weighted by Crippen LogP contribution is -2.54. The molecule has 1 aromatic heterocycles. The number of amides is 4. The van der Waals surface area contributed by atoms with Crippen molar-refractivity contribution >= 4 is 40.5 Å². The molecule has 0 radical (unpaired) electrons. The molecule has 0 atom stereocenters. The molecule has 2 aliphatic rings. The zero-order valence-corrected chi connectivity index (χ0v) is 18.4. The van der Waals surface area contributed by atoms with Gasteiger partial charge >= 0.3 is 6.03 Å². The maximum atomic E-state index is 13.4. The molecule has 6 rings (SSSR count). The Bertz CT molecular complexity index is 1540. The number of aromatic nitrogens is 1. The van der Waals surface area contributed by atoms with Gasteiger partial charge in [-0.25, -0.2) is 9.69 Å². The van der Waals surface area contributed by atoms with Crippen LogP contribution in [0.15, 0.2) is 84.6 Å². The first-order valence-electron chi connectivity index (χ1n) is 11.0. The Morgan fingerprint density at radius 1 is 0.886 bits per heavy atom. The first kappa shape index (κ1) is 20.7. The van der Waals surface area contributed by atoms with Gasteiger partial charge in [0, 0.05) is 35.3 Å². The normalized spacial score (nSPS) is 16.3. The summed E-state index contributed by atoms with van der Waals surface area (Å²) < 4.78 is 12.7. The Kier molecular flexibility index (Phi) is 4.84. The zero-order chi connectivity index (χ0) is 23.9. The average Bonchev–Trinajstić information content (AvgIpc) is 3.47. The van der Waals surface area contributed by atoms with Gasteiger partial charge in [0.1, 0.15) is 5.57 Å². The molecule has 1 saturated heterocycles. The van der Waals surface area contributed by atoms with E-state index < -0.39 is 17.8 Å². The molecule has 8 heteroatoms. The standard InChI is InChI=1S/C27H19N3O5/c31-25-21(26(32)30(27(33)28-25)19-10-11-23-24(13-19)35-16-34-23)12-18-15-29(14-17-6-2-1-3-7-17)22-9-5-4-8-20(18)22/h1-13,15H,14,16H2,(H,28,31,33)/b21-12+. The summed E-state index contributed by atoms with van der Waals surface area (Å²) in [6.07, 6.45) is 3.44. The number of ether oxygens (including phenoxy) is 2. The number of carbonyl (C=O) groups excluding carboxylic acids is 3. The molecule has 172 valence electrons. The van der Waals surface area contributed by atoms with Crippen molar-refractivity contribution in [3.63, 3.8) is 0 Å². The van der Waals surface area contributed by atoms with Crippen LogP contribution in [-0.4, -0.2) is 29.2 Å². The van der Waals surface area contributed by atoms with Crippen LogP contribution in [0.2, 0.25) is 0 Å². The largest absolute Gasteiger partial charge is 0.454 e. The number of fused-ring (bicyclic) bond motifs is 2. The fourth-order valence-corrected chi connectivity index (χ4v) is 4.37. The number of carbonyl (C=O) groups is 3. The van der Waals surface area contributed by atoms with Gasteiger partial charge in [-0.15, -0.1) is 0 Å². The number of benzene rings is 3. The predicted octanol–water partition coefficient (Wildman–Crippen LogP) is 4.08. The molecule has 0 spiro atoms. The van der Waals surface area contributed by atoms with Crippen LogP contribution in [-0.2, 0) is 16.1 Å². The number of nitrogens with one attached hydrogen (secondary N) is 1. The van der Waals surface area contributed by atoms with Gasteiger partial charge < -0.3 is 14.0 Å². The van der Waals surface area contributed by atoms with Crippen molar-refractivity contribution in [3.05, 3.63) is 95.7 Å². The van der Waals surface area contributed by atoms with E-state index in [4.69, 9.17) is 9.47 Å². The fraction of sp³-hybridized carbons (Fsp3) is 0.0741. The van der Waals surface area contributed by atoms with Crippen molar-refractivity contribution in [2.24, 2.45) is 0 Å². The molecule has 0 aliphatic carbocycles. The van der Waals surface area contributed by atoms with Crippen molar-refractivity contribution < 1.29 is 23.9 Å². The van der Waals surface area contributed by atoms with Crippen LogP contribution in [0.4, 0.5) is 10.5 Å². The molecular formula is C27H19N3O5. The Hall–Kier alpha value is -4.85. The van der Waals surface area contributed by atoms with E-state index in [1.165, 1.54) is 6.08 Å². The fourth-order valence-electron chi connectivity index (χ4n) is 4.37. The number of para-hydroxylation sites is 1. The highest BCUT2D eigenvalue weighted by Gasteiger charge is 2.37.